The molecule has 0 aromatic heterocycles. The zero-order valence-electron chi connectivity index (χ0n) is 19.8. The summed E-state index contributed by atoms with van der Waals surface area (Å²) in [4.78, 5) is 10.6. The van der Waals surface area contributed by atoms with E-state index in [9.17, 15) is 4.79 Å². The maximum atomic E-state index is 10.6. The van der Waals surface area contributed by atoms with Crippen LogP contribution in [0, 0.1) is 17.2 Å². The summed E-state index contributed by atoms with van der Waals surface area (Å²) in [5.41, 5.74) is 0. The Labute approximate surface area is 187 Å². The molecule has 1 atom stereocenters. The molecular formula is C27H49NO2. The highest BCUT2D eigenvalue weighted by molar-refractivity contribution is 5.57. The van der Waals surface area contributed by atoms with Crippen LogP contribution >= 0.6 is 0 Å². The van der Waals surface area contributed by atoms with Crippen molar-refractivity contribution in [1.29, 1.82) is 5.26 Å². The molecule has 1 aliphatic rings. The third-order valence-electron chi connectivity index (χ3n) is 6.65. The molecule has 3 nitrogen and oxygen atoms in total. The third-order valence-corrected chi connectivity index (χ3v) is 6.65. The van der Waals surface area contributed by atoms with Crippen LogP contribution in [0.15, 0.2) is 0 Å². The van der Waals surface area contributed by atoms with Gasteiger partial charge in [-0.25, -0.2) is 0 Å². The largest absolute Gasteiger partial charge is 0.378 e. The van der Waals surface area contributed by atoms with Crippen molar-refractivity contribution < 1.29 is 9.53 Å². The molecular weight excluding hydrogens is 370 g/mol. The fourth-order valence-corrected chi connectivity index (χ4v) is 4.59. The van der Waals surface area contributed by atoms with E-state index in [1.807, 2.05) is 6.07 Å². The molecule has 1 saturated carbocycles. The van der Waals surface area contributed by atoms with Gasteiger partial charge >= 0.3 is 0 Å². The van der Waals surface area contributed by atoms with Gasteiger partial charge in [-0.2, -0.15) is 5.26 Å². The molecule has 0 aliphatic heterocycles. The summed E-state index contributed by atoms with van der Waals surface area (Å²) in [5.74, 6) is -0.379. The SMILES string of the molecule is N#CC(C=O)CCCCCCCCCCCCCCCCCCOC1CCCCC1. The number of hydrogen-bond acceptors (Lipinski definition) is 3. The molecule has 0 aromatic rings. The number of nitrogens with zero attached hydrogens (tertiary/aromatic N) is 1. The van der Waals surface area contributed by atoms with Crippen molar-refractivity contribution in [3.63, 3.8) is 0 Å². The molecule has 0 amide bonds. The Morgan fingerprint density at radius 2 is 1.13 bits per heavy atom. The number of aldehydes is 1. The van der Waals surface area contributed by atoms with E-state index in [4.69, 9.17) is 10.00 Å². The number of unbranched alkanes of at least 4 members (excludes halogenated alkanes) is 15. The van der Waals surface area contributed by atoms with Crippen LogP contribution in [0.25, 0.3) is 0 Å². The normalized spacial score (nSPS) is 15.7. The first-order valence-corrected chi connectivity index (χ1v) is 13.3. The molecule has 0 radical (unpaired) electrons. The van der Waals surface area contributed by atoms with Gasteiger partial charge in [-0.15, -0.1) is 0 Å². The number of nitriles is 1. The zero-order valence-corrected chi connectivity index (χ0v) is 19.8. The molecule has 1 aliphatic carbocycles. The number of ether oxygens (including phenoxy) is 1. The highest BCUT2D eigenvalue weighted by Gasteiger charge is 2.12. The van der Waals surface area contributed by atoms with Gasteiger partial charge in [0, 0.05) is 6.61 Å². The van der Waals surface area contributed by atoms with Crippen LogP contribution in [0.1, 0.15) is 141 Å². The van der Waals surface area contributed by atoms with Crippen molar-refractivity contribution in [2.45, 2.75) is 147 Å². The third kappa shape index (κ3) is 16.9. The second kappa shape index (κ2) is 21.4. The lowest BCUT2D eigenvalue weighted by atomic mass is 9.98. The van der Waals surface area contributed by atoms with Gasteiger partial charge in [0.25, 0.3) is 0 Å². The molecule has 1 rings (SSSR count). The van der Waals surface area contributed by atoms with E-state index in [0.29, 0.717) is 6.10 Å². The molecule has 30 heavy (non-hydrogen) atoms. The summed E-state index contributed by atoms with van der Waals surface area (Å²) >= 11 is 0. The van der Waals surface area contributed by atoms with E-state index < -0.39 is 0 Å². The Kier molecular flexibility index (Phi) is 19.3. The van der Waals surface area contributed by atoms with Gasteiger partial charge in [-0.3, -0.25) is 0 Å². The minimum Gasteiger partial charge on any atom is -0.378 e. The van der Waals surface area contributed by atoms with Crippen molar-refractivity contribution in [3.05, 3.63) is 0 Å². The molecule has 0 saturated heterocycles. The Balaban J connectivity index is 1.67. The van der Waals surface area contributed by atoms with Gasteiger partial charge < -0.3 is 9.53 Å². The van der Waals surface area contributed by atoms with Crippen molar-refractivity contribution in [3.8, 4) is 6.07 Å². The molecule has 0 bridgehead atoms. The fraction of sp³-hybridized carbons (Fsp3) is 0.926. The van der Waals surface area contributed by atoms with Crippen LogP contribution in [-0.2, 0) is 9.53 Å². The lowest BCUT2D eigenvalue weighted by molar-refractivity contribution is -0.109. The fourth-order valence-electron chi connectivity index (χ4n) is 4.59. The molecule has 1 unspecified atom stereocenters. The molecule has 3 heteroatoms. The van der Waals surface area contributed by atoms with Crippen LogP contribution in [0.4, 0.5) is 0 Å². The summed E-state index contributed by atoms with van der Waals surface area (Å²) in [5, 5.41) is 8.72. The minimum absolute atomic E-state index is 0.379. The quantitative estimate of drug-likeness (QED) is 0.139. The van der Waals surface area contributed by atoms with Crippen molar-refractivity contribution >= 4 is 6.29 Å². The minimum atomic E-state index is -0.379. The van der Waals surface area contributed by atoms with Crippen LogP contribution < -0.4 is 0 Å². The number of carbonyl (C=O) groups excluding carboxylic acids is 1. The first-order valence-electron chi connectivity index (χ1n) is 13.3. The van der Waals surface area contributed by atoms with Crippen molar-refractivity contribution in [1.82, 2.24) is 0 Å². The summed E-state index contributed by atoms with van der Waals surface area (Å²) < 4.78 is 6.00. The zero-order chi connectivity index (χ0) is 21.5. The Hall–Kier alpha value is -0.880. The molecule has 0 heterocycles. The Bertz CT molecular complexity index is 412. The second-order valence-corrected chi connectivity index (χ2v) is 9.45. The van der Waals surface area contributed by atoms with Gasteiger partial charge in [0.05, 0.1) is 12.2 Å². The standard InChI is InChI=1S/C27H49NO2/c28-24-26(25-29)20-16-13-11-9-7-5-3-1-2-4-6-8-10-12-14-19-23-30-27-21-17-15-18-22-27/h25-27H,1-23H2. The monoisotopic (exact) mass is 419 g/mol. The lowest BCUT2D eigenvalue weighted by Gasteiger charge is -2.21. The predicted octanol–water partition coefficient (Wildman–Crippen LogP) is 8.31. The van der Waals surface area contributed by atoms with Gasteiger partial charge in [0.1, 0.15) is 12.2 Å². The van der Waals surface area contributed by atoms with Gasteiger partial charge in [-0.1, -0.05) is 116 Å². The van der Waals surface area contributed by atoms with Gasteiger partial charge in [0.15, 0.2) is 0 Å². The van der Waals surface area contributed by atoms with Crippen molar-refractivity contribution in [2.75, 3.05) is 6.61 Å². The van der Waals surface area contributed by atoms with E-state index >= 15 is 0 Å². The molecule has 0 aromatic carbocycles. The summed E-state index contributed by atoms with van der Waals surface area (Å²) in [6.07, 6.45) is 30.2. The Morgan fingerprint density at radius 1 is 0.700 bits per heavy atom. The first-order chi connectivity index (χ1) is 14.9. The highest BCUT2D eigenvalue weighted by Crippen LogP contribution is 2.20. The van der Waals surface area contributed by atoms with E-state index in [1.54, 1.807) is 0 Å². The number of hydrogen-bond donors (Lipinski definition) is 0. The lowest BCUT2D eigenvalue weighted by Crippen LogP contribution is -2.17. The maximum absolute atomic E-state index is 10.6. The van der Waals surface area contributed by atoms with E-state index in [0.717, 1.165) is 25.7 Å². The second-order valence-electron chi connectivity index (χ2n) is 9.45. The molecule has 1 fully saturated rings. The average molecular weight is 420 g/mol. The Morgan fingerprint density at radius 3 is 1.57 bits per heavy atom. The van der Waals surface area contributed by atoms with E-state index in [1.165, 1.54) is 128 Å². The molecule has 174 valence electrons. The summed E-state index contributed by atoms with van der Waals surface area (Å²) in [6.45, 7) is 0.993. The van der Waals surface area contributed by atoms with Crippen LogP contribution in [-0.4, -0.2) is 19.0 Å². The smallest absolute Gasteiger partial charge is 0.137 e. The van der Waals surface area contributed by atoms with Gasteiger partial charge in [-0.05, 0) is 25.7 Å². The molecule has 0 N–H and O–H groups in total. The predicted molar refractivity (Wildman–Crippen MR) is 126 cm³/mol. The van der Waals surface area contributed by atoms with Gasteiger partial charge in [0.2, 0.25) is 0 Å². The highest BCUT2D eigenvalue weighted by atomic mass is 16.5. The van der Waals surface area contributed by atoms with Crippen LogP contribution in [0.5, 0.6) is 0 Å². The van der Waals surface area contributed by atoms with E-state index in [2.05, 4.69) is 0 Å². The molecule has 0 spiro atoms. The number of rotatable bonds is 21. The van der Waals surface area contributed by atoms with Crippen LogP contribution in [0.3, 0.4) is 0 Å². The van der Waals surface area contributed by atoms with E-state index in [-0.39, 0.29) is 5.92 Å². The van der Waals surface area contributed by atoms with Crippen LogP contribution in [0.2, 0.25) is 0 Å². The average Bonchev–Trinajstić information content (AvgIpc) is 2.78. The topological polar surface area (TPSA) is 50.1 Å². The summed E-state index contributed by atoms with van der Waals surface area (Å²) in [7, 11) is 0. The number of carbonyl (C=O) groups is 1. The maximum Gasteiger partial charge on any atom is 0.137 e. The first kappa shape index (κ1) is 27.2. The van der Waals surface area contributed by atoms with Crippen molar-refractivity contribution in [2.24, 2.45) is 5.92 Å². The summed E-state index contributed by atoms with van der Waals surface area (Å²) in [6, 6.07) is 2.05.